The first-order valence-electron chi connectivity index (χ1n) is 13.7. The first kappa shape index (κ1) is 29.5. The van der Waals surface area contributed by atoms with Crippen molar-refractivity contribution in [1.29, 1.82) is 0 Å². The van der Waals surface area contributed by atoms with Crippen LogP contribution in [0.3, 0.4) is 0 Å². The summed E-state index contributed by atoms with van der Waals surface area (Å²) in [5, 5.41) is 10.4. The largest absolute Gasteiger partial charge is 0.452 e. The zero-order valence-corrected chi connectivity index (χ0v) is 23.9. The van der Waals surface area contributed by atoms with Gasteiger partial charge in [0.2, 0.25) is 0 Å². The number of hydrogen-bond donors (Lipinski definition) is 1. The topological polar surface area (TPSA) is 91.3 Å². The summed E-state index contributed by atoms with van der Waals surface area (Å²) in [6.45, 7) is 1.76. The van der Waals surface area contributed by atoms with E-state index in [9.17, 15) is 14.7 Å². The second-order valence-corrected chi connectivity index (χ2v) is 11.1. The number of carbonyl (C=O) groups excluding carboxylic acids is 2. The maximum absolute atomic E-state index is 13.4. The highest BCUT2D eigenvalue weighted by molar-refractivity contribution is 7.99. The maximum Gasteiger partial charge on any atom is 0.338 e. The summed E-state index contributed by atoms with van der Waals surface area (Å²) in [6.07, 6.45) is -3.97. The molecular formula is C34H32O7S. The van der Waals surface area contributed by atoms with Gasteiger partial charge in [-0.05, 0) is 48.9 Å². The number of ether oxygens (including phenoxy) is 4. The number of rotatable bonds is 10. The summed E-state index contributed by atoms with van der Waals surface area (Å²) >= 11 is 1.32. The lowest BCUT2D eigenvalue weighted by Crippen LogP contribution is -2.61. The van der Waals surface area contributed by atoms with Gasteiger partial charge in [-0.1, -0.05) is 96.2 Å². The zero-order chi connectivity index (χ0) is 29.3. The molecule has 1 heterocycles. The summed E-state index contributed by atoms with van der Waals surface area (Å²) in [4.78, 5) is 27.6. The van der Waals surface area contributed by atoms with Gasteiger partial charge in [-0.3, -0.25) is 0 Å². The van der Waals surface area contributed by atoms with Gasteiger partial charge in [0.05, 0.1) is 24.3 Å². The molecule has 216 valence electrons. The maximum atomic E-state index is 13.4. The first-order chi connectivity index (χ1) is 20.5. The molecule has 5 atom stereocenters. The fourth-order valence-electron chi connectivity index (χ4n) is 4.63. The lowest BCUT2D eigenvalue weighted by Gasteiger charge is -2.44. The minimum absolute atomic E-state index is 0.167. The lowest BCUT2D eigenvalue weighted by molar-refractivity contribution is -0.224. The molecular weight excluding hydrogens is 552 g/mol. The fraction of sp³-hybridized carbons (Fsp3) is 0.235. The zero-order valence-electron chi connectivity index (χ0n) is 23.1. The summed E-state index contributed by atoms with van der Waals surface area (Å²) in [6, 6.07) is 34.5. The smallest absolute Gasteiger partial charge is 0.338 e. The second kappa shape index (κ2) is 14.3. The molecule has 42 heavy (non-hydrogen) atoms. The Morgan fingerprint density at radius 1 is 0.714 bits per heavy atom. The van der Waals surface area contributed by atoms with E-state index in [-0.39, 0.29) is 6.61 Å². The van der Waals surface area contributed by atoms with Gasteiger partial charge in [0.25, 0.3) is 0 Å². The van der Waals surface area contributed by atoms with Crippen LogP contribution in [0.25, 0.3) is 0 Å². The molecule has 0 amide bonds. The highest BCUT2D eigenvalue weighted by Gasteiger charge is 2.51. The van der Waals surface area contributed by atoms with E-state index in [1.165, 1.54) is 11.8 Å². The molecule has 4 aromatic carbocycles. The Morgan fingerprint density at radius 3 is 1.79 bits per heavy atom. The molecule has 0 saturated carbocycles. The number of aliphatic hydroxyl groups is 1. The van der Waals surface area contributed by atoms with Gasteiger partial charge in [0, 0.05) is 4.90 Å². The molecule has 0 aliphatic carbocycles. The van der Waals surface area contributed by atoms with Gasteiger partial charge >= 0.3 is 11.9 Å². The van der Waals surface area contributed by atoms with Gasteiger partial charge in [0.1, 0.15) is 17.6 Å². The van der Waals surface area contributed by atoms with E-state index in [2.05, 4.69) is 0 Å². The number of aliphatic hydroxyl groups excluding tert-OH is 1. The number of aryl methyl sites for hydroxylation is 1. The SMILES string of the molecule is Cc1ccc(S[C@@H]2O[C@H](CO)[C@@H](OCc3ccccc3)[C@H](OC(=O)c3ccccc3)[C@H]2OC(=O)c2ccccc2)cc1. The summed E-state index contributed by atoms with van der Waals surface area (Å²) in [5.41, 5.74) is 1.84. The first-order valence-corrected chi connectivity index (χ1v) is 14.6. The Kier molecular flexibility index (Phi) is 10.0. The molecule has 5 rings (SSSR count). The van der Waals surface area contributed by atoms with Crippen LogP contribution < -0.4 is 0 Å². The summed E-state index contributed by atoms with van der Waals surface area (Å²) < 4.78 is 24.8. The van der Waals surface area contributed by atoms with E-state index in [1.54, 1.807) is 60.7 Å². The normalized spacial score (nSPS) is 21.8. The molecule has 8 heteroatoms. The molecule has 0 radical (unpaired) electrons. The molecule has 1 fully saturated rings. The van der Waals surface area contributed by atoms with Crippen LogP contribution in [-0.4, -0.2) is 53.5 Å². The van der Waals surface area contributed by atoms with Crippen LogP contribution in [0.5, 0.6) is 0 Å². The Balaban J connectivity index is 1.51. The van der Waals surface area contributed by atoms with Gasteiger partial charge in [0.15, 0.2) is 12.2 Å². The molecule has 1 aliphatic rings. The number of thioether (sulfide) groups is 1. The van der Waals surface area contributed by atoms with E-state index >= 15 is 0 Å². The van der Waals surface area contributed by atoms with Crippen LogP contribution in [0.2, 0.25) is 0 Å². The minimum atomic E-state index is -1.09. The minimum Gasteiger partial charge on any atom is -0.452 e. The molecule has 4 aromatic rings. The second-order valence-electron chi connectivity index (χ2n) is 9.89. The Hall–Kier alpha value is -3.95. The van der Waals surface area contributed by atoms with Crippen molar-refractivity contribution in [2.45, 2.75) is 48.3 Å². The van der Waals surface area contributed by atoms with Crippen LogP contribution in [0.4, 0.5) is 0 Å². The number of carbonyl (C=O) groups is 2. The monoisotopic (exact) mass is 584 g/mol. The van der Waals surface area contributed by atoms with Gasteiger partial charge in [-0.15, -0.1) is 0 Å². The number of esters is 2. The van der Waals surface area contributed by atoms with Crippen LogP contribution in [0, 0.1) is 6.92 Å². The lowest BCUT2D eigenvalue weighted by atomic mass is 9.99. The molecule has 1 saturated heterocycles. The van der Waals surface area contributed by atoms with E-state index in [1.807, 2.05) is 61.5 Å². The van der Waals surface area contributed by atoms with E-state index in [0.717, 1.165) is 16.0 Å². The van der Waals surface area contributed by atoms with Crippen molar-refractivity contribution in [3.8, 4) is 0 Å². The molecule has 1 N–H and O–H groups in total. The average Bonchev–Trinajstić information content (AvgIpc) is 3.04. The molecule has 1 aliphatic heterocycles. The van der Waals surface area contributed by atoms with Crippen LogP contribution in [-0.2, 0) is 25.6 Å². The Labute approximate surface area is 249 Å². The highest BCUT2D eigenvalue weighted by atomic mass is 32.2. The van der Waals surface area contributed by atoms with E-state index in [4.69, 9.17) is 18.9 Å². The van der Waals surface area contributed by atoms with Crippen molar-refractivity contribution < 1.29 is 33.6 Å². The van der Waals surface area contributed by atoms with Crippen molar-refractivity contribution in [2.75, 3.05) is 6.61 Å². The van der Waals surface area contributed by atoms with Crippen LogP contribution in [0.15, 0.2) is 120 Å². The quantitative estimate of drug-likeness (QED) is 0.233. The molecule has 0 bridgehead atoms. The Morgan fingerprint density at radius 2 is 1.24 bits per heavy atom. The molecule has 7 nitrogen and oxygen atoms in total. The van der Waals surface area contributed by atoms with Crippen molar-refractivity contribution in [2.24, 2.45) is 0 Å². The standard InChI is InChI=1S/C34H32O7S/c1-23-17-19-27(20-18-23)42-34-31(41-33(37)26-15-9-4-10-16-26)30(40-32(36)25-13-7-3-8-14-25)29(28(21-35)39-34)38-22-24-11-5-2-6-12-24/h2-20,28-31,34-35H,21-22H2,1H3/t28-,29-,30+,31-,34+/m1/s1. The average molecular weight is 585 g/mol. The van der Waals surface area contributed by atoms with Crippen molar-refractivity contribution in [3.63, 3.8) is 0 Å². The Bertz CT molecular complexity index is 1430. The van der Waals surface area contributed by atoms with E-state index < -0.39 is 48.4 Å². The van der Waals surface area contributed by atoms with Crippen LogP contribution in [0.1, 0.15) is 31.8 Å². The van der Waals surface area contributed by atoms with Gasteiger partial charge < -0.3 is 24.1 Å². The van der Waals surface area contributed by atoms with E-state index in [0.29, 0.717) is 11.1 Å². The summed E-state index contributed by atoms with van der Waals surface area (Å²) in [7, 11) is 0. The highest BCUT2D eigenvalue weighted by Crippen LogP contribution is 2.38. The van der Waals surface area contributed by atoms with Crippen molar-refractivity contribution >= 4 is 23.7 Å². The molecule has 0 spiro atoms. The molecule has 0 unspecified atom stereocenters. The molecule has 0 aromatic heterocycles. The van der Waals surface area contributed by atoms with Crippen molar-refractivity contribution in [1.82, 2.24) is 0 Å². The summed E-state index contributed by atoms with van der Waals surface area (Å²) in [5.74, 6) is -1.20. The fourth-order valence-corrected chi connectivity index (χ4v) is 5.73. The number of hydrogen-bond acceptors (Lipinski definition) is 8. The van der Waals surface area contributed by atoms with Crippen LogP contribution >= 0.6 is 11.8 Å². The van der Waals surface area contributed by atoms with Crippen molar-refractivity contribution in [3.05, 3.63) is 138 Å². The predicted molar refractivity (Wildman–Crippen MR) is 159 cm³/mol. The third kappa shape index (κ3) is 7.46. The third-order valence-corrected chi connectivity index (χ3v) is 7.99. The number of benzene rings is 4. The predicted octanol–water partition coefficient (Wildman–Crippen LogP) is 5.84. The van der Waals surface area contributed by atoms with Gasteiger partial charge in [-0.25, -0.2) is 9.59 Å². The third-order valence-electron chi connectivity index (χ3n) is 6.83. The van der Waals surface area contributed by atoms with Gasteiger partial charge in [-0.2, -0.15) is 0 Å².